The van der Waals surface area contributed by atoms with E-state index >= 15 is 0 Å². The van der Waals surface area contributed by atoms with Gasteiger partial charge in [0.25, 0.3) is 0 Å². The van der Waals surface area contributed by atoms with E-state index in [0.29, 0.717) is 12.3 Å². The maximum Gasteiger partial charge on any atom is 0.239 e. The number of carbonyl (C=O) groups excluding carboxylic acids is 1. The highest BCUT2D eigenvalue weighted by Gasteiger charge is 2.12. The number of likely N-dealkylation sites (N-methyl/N-ethyl adjacent to an activating group) is 1. The molecule has 0 bridgehead atoms. The summed E-state index contributed by atoms with van der Waals surface area (Å²) in [6.07, 6.45) is 0.657. The number of amides is 1. The number of nitrogens with zero attached hydrogens (tertiary/aromatic N) is 2. The fourth-order valence-electron chi connectivity index (χ4n) is 1.83. The SMILES string of the molecule is CNC(=O)Cn1c(CCCl)nc2cc(I)ccc21. The first-order valence-electron chi connectivity index (χ1n) is 5.57. The zero-order chi connectivity index (χ0) is 13.1. The first kappa shape index (κ1) is 13.6. The smallest absolute Gasteiger partial charge is 0.239 e. The summed E-state index contributed by atoms with van der Waals surface area (Å²) >= 11 is 8.03. The van der Waals surface area contributed by atoms with Crippen molar-refractivity contribution in [3.8, 4) is 0 Å². The number of hydrogen-bond acceptors (Lipinski definition) is 2. The van der Waals surface area contributed by atoms with Crippen LogP contribution >= 0.6 is 34.2 Å². The molecular weight excluding hydrogens is 365 g/mol. The number of imidazole rings is 1. The van der Waals surface area contributed by atoms with E-state index in [0.717, 1.165) is 20.4 Å². The molecule has 0 fully saturated rings. The van der Waals surface area contributed by atoms with Crippen LogP contribution in [0.2, 0.25) is 0 Å². The van der Waals surface area contributed by atoms with E-state index in [2.05, 4.69) is 32.9 Å². The molecule has 0 aliphatic heterocycles. The predicted octanol–water partition coefficient (Wildman–Crippen LogP) is 2.17. The zero-order valence-corrected chi connectivity index (χ0v) is 12.8. The number of nitrogens with one attached hydrogen (secondary N) is 1. The molecule has 1 N–H and O–H groups in total. The van der Waals surface area contributed by atoms with Crippen LogP contribution in [0.1, 0.15) is 5.82 Å². The second-order valence-electron chi connectivity index (χ2n) is 3.86. The Balaban J connectivity index is 2.51. The van der Waals surface area contributed by atoms with E-state index in [4.69, 9.17) is 11.6 Å². The molecule has 0 aliphatic rings. The van der Waals surface area contributed by atoms with Crippen molar-refractivity contribution in [2.75, 3.05) is 12.9 Å². The Morgan fingerprint density at radius 1 is 1.56 bits per heavy atom. The molecule has 1 heterocycles. The molecule has 96 valence electrons. The van der Waals surface area contributed by atoms with Crippen molar-refractivity contribution in [2.45, 2.75) is 13.0 Å². The van der Waals surface area contributed by atoms with Crippen molar-refractivity contribution in [3.63, 3.8) is 0 Å². The van der Waals surface area contributed by atoms with Crippen LogP contribution < -0.4 is 5.32 Å². The van der Waals surface area contributed by atoms with Crippen LogP contribution in [0.15, 0.2) is 18.2 Å². The van der Waals surface area contributed by atoms with Gasteiger partial charge in [-0.25, -0.2) is 4.98 Å². The van der Waals surface area contributed by atoms with Crippen LogP contribution in [-0.2, 0) is 17.8 Å². The number of halogens is 2. The molecule has 6 heteroatoms. The summed E-state index contributed by atoms with van der Waals surface area (Å²) in [5.74, 6) is 1.31. The summed E-state index contributed by atoms with van der Waals surface area (Å²) in [5.41, 5.74) is 1.88. The maximum atomic E-state index is 11.6. The number of aromatic nitrogens is 2. The van der Waals surface area contributed by atoms with Gasteiger partial charge in [0, 0.05) is 22.9 Å². The number of carbonyl (C=O) groups is 1. The van der Waals surface area contributed by atoms with Crippen molar-refractivity contribution in [1.82, 2.24) is 14.9 Å². The van der Waals surface area contributed by atoms with Crippen LogP contribution in [0.5, 0.6) is 0 Å². The molecule has 0 atom stereocenters. The largest absolute Gasteiger partial charge is 0.358 e. The Labute approximate surface area is 124 Å². The molecule has 18 heavy (non-hydrogen) atoms. The summed E-state index contributed by atoms with van der Waals surface area (Å²) in [6.45, 7) is 0.278. The minimum absolute atomic E-state index is 0.0383. The monoisotopic (exact) mass is 377 g/mol. The van der Waals surface area contributed by atoms with E-state index < -0.39 is 0 Å². The van der Waals surface area contributed by atoms with Crippen molar-refractivity contribution >= 4 is 51.1 Å². The van der Waals surface area contributed by atoms with Crippen LogP contribution in [0.25, 0.3) is 11.0 Å². The standard InChI is InChI=1S/C12H13ClIN3O/c1-15-12(18)7-17-10-3-2-8(14)6-9(10)16-11(17)4-5-13/h2-3,6H,4-5,7H2,1H3,(H,15,18). The molecule has 0 radical (unpaired) electrons. The number of rotatable bonds is 4. The normalized spacial score (nSPS) is 10.8. The number of hydrogen-bond donors (Lipinski definition) is 1. The molecule has 0 unspecified atom stereocenters. The molecule has 1 amide bonds. The quantitative estimate of drug-likeness (QED) is 0.656. The van der Waals surface area contributed by atoms with Crippen molar-refractivity contribution in [1.29, 1.82) is 0 Å². The average molecular weight is 378 g/mol. The topological polar surface area (TPSA) is 46.9 Å². The third-order valence-electron chi connectivity index (χ3n) is 2.69. The van der Waals surface area contributed by atoms with Crippen molar-refractivity contribution in [3.05, 3.63) is 27.6 Å². The molecule has 0 saturated heterocycles. The van der Waals surface area contributed by atoms with E-state index in [1.165, 1.54) is 0 Å². The fourth-order valence-corrected chi connectivity index (χ4v) is 2.47. The molecule has 2 rings (SSSR count). The Morgan fingerprint density at radius 2 is 2.33 bits per heavy atom. The summed E-state index contributed by atoms with van der Waals surface area (Å²) in [6, 6.07) is 6.01. The lowest BCUT2D eigenvalue weighted by molar-refractivity contribution is -0.121. The highest BCUT2D eigenvalue weighted by atomic mass is 127. The molecule has 4 nitrogen and oxygen atoms in total. The first-order chi connectivity index (χ1) is 8.65. The minimum Gasteiger partial charge on any atom is -0.358 e. The second kappa shape index (κ2) is 5.88. The average Bonchev–Trinajstić information content (AvgIpc) is 2.67. The highest BCUT2D eigenvalue weighted by molar-refractivity contribution is 14.1. The Bertz CT molecular complexity index is 582. The van der Waals surface area contributed by atoms with Crippen LogP contribution in [0.4, 0.5) is 0 Å². The summed E-state index contributed by atoms with van der Waals surface area (Å²) < 4.78 is 3.05. The van der Waals surface area contributed by atoms with Gasteiger partial charge in [-0.1, -0.05) is 0 Å². The zero-order valence-electron chi connectivity index (χ0n) is 9.91. The Kier molecular flexibility index (Phi) is 4.45. The molecule has 0 aliphatic carbocycles. The van der Waals surface area contributed by atoms with Gasteiger partial charge in [-0.3, -0.25) is 4.79 Å². The minimum atomic E-state index is -0.0383. The van der Waals surface area contributed by atoms with Gasteiger partial charge in [0.2, 0.25) is 5.91 Å². The van der Waals surface area contributed by atoms with Gasteiger partial charge in [0.15, 0.2) is 0 Å². The molecule has 1 aromatic carbocycles. The molecule has 0 spiro atoms. The predicted molar refractivity (Wildman–Crippen MR) is 80.9 cm³/mol. The van der Waals surface area contributed by atoms with Gasteiger partial charge in [0.1, 0.15) is 12.4 Å². The van der Waals surface area contributed by atoms with E-state index in [1.807, 2.05) is 22.8 Å². The van der Waals surface area contributed by atoms with E-state index in [9.17, 15) is 4.79 Å². The van der Waals surface area contributed by atoms with Crippen LogP contribution in [0, 0.1) is 3.57 Å². The lowest BCUT2D eigenvalue weighted by Crippen LogP contribution is -2.24. The Hall–Kier alpha value is -0.820. The van der Waals surface area contributed by atoms with E-state index in [-0.39, 0.29) is 12.5 Å². The molecule has 2 aromatic rings. The van der Waals surface area contributed by atoms with Crippen molar-refractivity contribution in [2.24, 2.45) is 0 Å². The number of aryl methyl sites for hydroxylation is 1. The first-order valence-corrected chi connectivity index (χ1v) is 7.18. The lowest BCUT2D eigenvalue weighted by atomic mass is 10.3. The fraction of sp³-hybridized carbons (Fsp3) is 0.333. The van der Waals surface area contributed by atoms with Gasteiger partial charge in [0.05, 0.1) is 11.0 Å². The van der Waals surface area contributed by atoms with Crippen LogP contribution in [0.3, 0.4) is 0 Å². The maximum absolute atomic E-state index is 11.6. The molecular formula is C12H13ClIN3O. The summed E-state index contributed by atoms with van der Waals surface area (Å²) in [7, 11) is 1.63. The summed E-state index contributed by atoms with van der Waals surface area (Å²) in [4.78, 5) is 16.1. The second-order valence-corrected chi connectivity index (χ2v) is 5.48. The number of benzene rings is 1. The van der Waals surface area contributed by atoms with Gasteiger partial charge < -0.3 is 9.88 Å². The molecule has 0 saturated carbocycles. The van der Waals surface area contributed by atoms with Crippen LogP contribution in [-0.4, -0.2) is 28.4 Å². The summed E-state index contributed by atoms with van der Waals surface area (Å²) in [5, 5.41) is 2.63. The van der Waals surface area contributed by atoms with Crippen molar-refractivity contribution < 1.29 is 4.79 Å². The number of fused-ring (bicyclic) bond motifs is 1. The van der Waals surface area contributed by atoms with Gasteiger partial charge in [-0.15, -0.1) is 11.6 Å². The third kappa shape index (κ3) is 2.77. The third-order valence-corrected chi connectivity index (χ3v) is 3.55. The lowest BCUT2D eigenvalue weighted by Gasteiger charge is -2.07. The van der Waals surface area contributed by atoms with E-state index in [1.54, 1.807) is 7.05 Å². The highest BCUT2D eigenvalue weighted by Crippen LogP contribution is 2.19. The van der Waals surface area contributed by atoms with Gasteiger partial charge in [-0.2, -0.15) is 0 Å². The molecule has 1 aromatic heterocycles. The van der Waals surface area contributed by atoms with Gasteiger partial charge in [-0.05, 0) is 40.8 Å². The Morgan fingerprint density at radius 3 is 3.00 bits per heavy atom. The number of alkyl halides is 1. The van der Waals surface area contributed by atoms with Gasteiger partial charge >= 0.3 is 0 Å².